The molecule has 0 aromatic carbocycles. The van der Waals surface area contributed by atoms with Gasteiger partial charge in [-0.15, -0.1) is 0 Å². The van der Waals surface area contributed by atoms with E-state index in [0.717, 1.165) is 29.4 Å². The number of nitrogens with zero attached hydrogens (tertiary/aromatic N) is 4. The van der Waals surface area contributed by atoms with Gasteiger partial charge in [0, 0.05) is 12.2 Å². The van der Waals surface area contributed by atoms with Gasteiger partial charge in [0.05, 0.1) is 23.8 Å². The fourth-order valence-corrected chi connectivity index (χ4v) is 1.59. The first-order chi connectivity index (χ1) is 7.70. The topological polar surface area (TPSA) is 55.6 Å². The highest BCUT2D eigenvalue weighted by Crippen LogP contribution is 2.08. The SMILES string of the molecule is CNCc1cnc(-n2nc(C)cc2C)cn1. The normalized spacial score (nSPS) is 10.7. The summed E-state index contributed by atoms with van der Waals surface area (Å²) < 4.78 is 1.80. The number of rotatable bonds is 3. The highest BCUT2D eigenvalue weighted by Gasteiger charge is 2.05. The molecule has 0 aliphatic heterocycles. The van der Waals surface area contributed by atoms with Crippen LogP contribution < -0.4 is 5.32 Å². The van der Waals surface area contributed by atoms with Crippen LogP contribution in [0.25, 0.3) is 5.82 Å². The van der Waals surface area contributed by atoms with Crippen molar-refractivity contribution < 1.29 is 0 Å². The average Bonchev–Trinajstić information content (AvgIpc) is 2.59. The Morgan fingerprint density at radius 1 is 1.25 bits per heavy atom. The number of hydrogen-bond acceptors (Lipinski definition) is 4. The van der Waals surface area contributed by atoms with Crippen molar-refractivity contribution in [2.75, 3.05) is 7.05 Å². The summed E-state index contributed by atoms with van der Waals surface area (Å²) in [6.45, 7) is 4.69. The molecule has 0 unspecified atom stereocenters. The molecule has 0 aliphatic rings. The van der Waals surface area contributed by atoms with E-state index in [1.165, 1.54) is 0 Å². The van der Waals surface area contributed by atoms with Crippen molar-refractivity contribution in [2.24, 2.45) is 0 Å². The molecule has 1 N–H and O–H groups in total. The van der Waals surface area contributed by atoms with Crippen LogP contribution in [0, 0.1) is 13.8 Å². The minimum atomic E-state index is 0.727. The lowest BCUT2D eigenvalue weighted by atomic mass is 10.4. The highest BCUT2D eigenvalue weighted by molar-refractivity contribution is 5.23. The van der Waals surface area contributed by atoms with Gasteiger partial charge in [0.2, 0.25) is 0 Å². The zero-order valence-electron chi connectivity index (χ0n) is 9.73. The van der Waals surface area contributed by atoms with Crippen LogP contribution in [-0.2, 0) is 6.54 Å². The molecule has 2 rings (SSSR count). The summed E-state index contributed by atoms with van der Waals surface area (Å²) in [5.41, 5.74) is 2.97. The summed E-state index contributed by atoms with van der Waals surface area (Å²) in [5.74, 6) is 0.755. The summed E-state index contributed by atoms with van der Waals surface area (Å²) in [6, 6.07) is 2.02. The molecule has 0 spiro atoms. The van der Waals surface area contributed by atoms with Crippen molar-refractivity contribution in [1.29, 1.82) is 0 Å². The third kappa shape index (κ3) is 2.09. The van der Waals surface area contributed by atoms with Crippen molar-refractivity contribution in [2.45, 2.75) is 20.4 Å². The molecule has 0 amide bonds. The molecule has 2 aromatic rings. The lowest BCUT2D eigenvalue weighted by Gasteiger charge is -2.03. The van der Waals surface area contributed by atoms with Crippen LogP contribution in [-0.4, -0.2) is 26.8 Å². The van der Waals surface area contributed by atoms with E-state index in [-0.39, 0.29) is 0 Å². The third-order valence-corrected chi connectivity index (χ3v) is 2.28. The van der Waals surface area contributed by atoms with Crippen LogP contribution in [0.15, 0.2) is 18.5 Å². The van der Waals surface area contributed by atoms with Crippen molar-refractivity contribution in [3.8, 4) is 5.82 Å². The maximum atomic E-state index is 4.35. The zero-order chi connectivity index (χ0) is 11.5. The smallest absolute Gasteiger partial charge is 0.172 e. The van der Waals surface area contributed by atoms with Gasteiger partial charge in [-0.25, -0.2) is 9.67 Å². The van der Waals surface area contributed by atoms with Gasteiger partial charge in [-0.2, -0.15) is 5.10 Å². The van der Waals surface area contributed by atoms with Gasteiger partial charge in [-0.05, 0) is 27.0 Å². The Labute approximate surface area is 94.5 Å². The third-order valence-electron chi connectivity index (χ3n) is 2.28. The molecule has 0 atom stereocenters. The van der Waals surface area contributed by atoms with Gasteiger partial charge in [0.1, 0.15) is 0 Å². The Bertz CT molecular complexity index is 472. The molecule has 2 aromatic heterocycles. The standard InChI is InChI=1S/C11H15N5/c1-8-4-9(2)16(15-8)11-7-13-10(5-12-3)6-14-11/h4,6-7,12H,5H2,1-3H3. The molecule has 84 valence electrons. The van der Waals surface area contributed by atoms with Crippen molar-refractivity contribution in [3.05, 3.63) is 35.5 Å². The Kier molecular flexibility index (Phi) is 2.96. The molecule has 0 saturated heterocycles. The first kappa shape index (κ1) is 10.8. The van der Waals surface area contributed by atoms with E-state index in [0.29, 0.717) is 0 Å². The molecule has 0 radical (unpaired) electrons. The van der Waals surface area contributed by atoms with Crippen molar-refractivity contribution >= 4 is 0 Å². The Hall–Kier alpha value is -1.75. The van der Waals surface area contributed by atoms with Crippen LogP contribution in [0.1, 0.15) is 17.1 Å². The lowest BCUT2D eigenvalue weighted by molar-refractivity contribution is 0.760. The van der Waals surface area contributed by atoms with E-state index in [1.807, 2.05) is 27.0 Å². The molecule has 16 heavy (non-hydrogen) atoms. The van der Waals surface area contributed by atoms with Crippen LogP contribution >= 0.6 is 0 Å². The minimum absolute atomic E-state index is 0.727. The first-order valence-corrected chi connectivity index (χ1v) is 5.20. The molecular formula is C11H15N5. The van der Waals surface area contributed by atoms with Crippen LogP contribution in [0.4, 0.5) is 0 Å². The maximum absolute atomic E-state index is 4.35. The predicted octanol–water partition coefficient (Wildman–Crippen LogP) is 0.999. The van der Waals surface area contributed by atoms with Gasteiger partial charge in [0.25, 0.3) is 0 Å². The molecule has 0 fully saturated rings. The summed E-state index contributed by atoms with van der Waals surface area (Å²) in [5, 5.41) is 7.39. The van der Waals surface area contributed by atoms with Gasteiger partial charge in [-0.1, -0.05) is 0 Å². The van der Waals surface area contributed by atoms with E-state index in [9.17, 15) is 0 Å². The second-order valence-corrected chi connectivity index (χ2v) is 3.74. The second-order valence-electron chi connectivity index (χ2n) is 3.74. The van der Waals surface area contributed by atoms with E-state index in [1.54, 1.807) is 17.1 Å². The summed E-state index contributed by atoms with van der Waals surface area (Å²) in [7, 11) is 1.89. The van der Waals surface area contributed by atoms with Gasteiger partial charge < -0.3 is 5.32 Å². The van der Waals surface area contributed by atoms with E-state index in [2.05, 4.69) is 20.4 Å². The predicted molar refractivity (Wildman–Crippen MR) is 61.4 cm³/mol. The summed E-state index contributed by atoms with van der Waals surface area (Å²) in [4.78, 5) is 8.65. The Morgan fingerprint density at radius 2 is 2.06 bits per heavy atom. The largest absolute Gasteiger partial charge is 0.314 e. The fourth-order valence-electron chi connectivity index (χ4n) is 1.59. The Morgan fingerprint density at radius 3 is 2.56 bits per heavy atom. The summed E-state index contributed by atoms with van der Waals surface area (Å²) in [6.07, 6.45) is 3.51. The fraction of sp³-hybridized carbons (Fsp3) is 0.364. The lowest BCUT2D eigenvalue weighted by Crippen LogP contribution is -2.09. The molecular weight excluding hydrogens is 202 g/mol. The van der Waals surface area contributed by atoms with Crippen molar-refractivity contribution in [1.82, 2.24) is 25.1 Å². The van der Waals surface area contributed by atoms with Gasteiger partial charge in [0.15, 0.2) is 5.82 Å². The van der Waals surface area contributed by atoms with Crippen LogP contribution in [0.5, 0.6) is 0 Å². The van der Waals surface area contributed by atoms with Gasteiger partial charge in [-0.3, -0.25) is 4.98 Å². The summed E-state index contributed by atoms with van der Waals surface area (Å²) >= 11 is 0. The first-order valence-electron chi connectivity index (χ1n) is 5.20. The minimum Gasteiger partial charge on any atom is -0.314 e. The monoisotopic (exact) mass is 217 g/mol. The maximum Gasteiger partial charge on any atom is 0.172 e. The average molecular weight is 217 g/mol. The number of hydrogen-bond donors (Lipinski definition) is 1. The molecule has 0 bridgehead atoms. The molecule has 5 nitrogen and oxygen atoms in total. The zero-order valence-corrected chi connectivity index (χ0v) is 9.73. The van der Waals surface area contributed by atoms with E-state index in [4.69, 9.17) is 0 Å². The second kappa shape index (κ2) is 4.40. The number of aryl methyl sites for hydroxylation is 2. The molecule has 5 heteroatoms. The molecule has 0 saturated carbocycles. The quantitative estimate of drug-likeness (QED) is 0.833. The van der Waals surface area contributed by atoms with Gasteiger partial charge >= 0.3 is 0 Å². The molecule has 2 heterocycles. The highest BCUT2D eigenvalue weighted by atomic mass is 15.3. The van der Waals surface area contributed by atoms with E-state index >= 15 is 0 Å². The number of aromatic nitrogens is 4. The van der Waals surface area contributed by atoms with Crippen molar-refractivity contribution in [3.63, 3.8) is 0 Å². The molecule has 0 aliphatic carbocycles. The van der Waals surface area contributed by atoms with E-state index < -0.39 is 0 Å². The number of nitrogens with one attached hydrogen (secondary N) is 1. The Balaban J connectivity index is 2.31. The van der Waals surface area contributed by atoms with Crippen LogP contribution in [0.3, 0.4) is 0 Å². The van der Waals surface area contributed by atoms with Crippen LogP contribution in [0.2, 0.25) is 0 Å².